The Morgan fingerprint density at radius 2 is 1.83 bits per heavy atom. The van der Waals surface area contributed by atoms with E-state index in [1.165, 1.54) is 0 Å². The Labute approximate surface area is 106 Å². The molecule has 1 unspecified atom stereocenters. The number of likely N-dealkylation sites (N-methyl/N-ethyl adjacent to an activating group) is 1. The van der Waals surface area contributed by atoms with E-state index < -0.39 is 18.6 Å². The highest BCUT2D eigenvalue weighted by Crippen LogP contribution is 2.23. The van der Waals surface area contributed by atoms with Gasteiger partial charge in [0.2, 0.25) is 0 Å². The second kappa shape index (κ2) is 6.23. The Morgan fingerprint density at radius 1 is 1.17 bits per heavy atom. The van der Waals surface area contributed by atoms with Crippen molar-refractivity contribution in [1.29, 1.82) is 0 Å². The van der Waals surface area contributed by atoms with E-state index in [0.717, 1.165) is 16.7 Å². The van der Waals surface area contributed by atoms with E-state index in [9.17, 15) is 13.2 Å². The predicted molar refractivity (Wildman–Crippen MR) is 67.8 cm³/mol. The number of halogens is 3. The normalized spacial score (nSPS) is 13.7. The molecule has 0 heterocycles. The largest absolute Gasteiger partial charge is 0.390 e. The molecule has 0 aromatic heterocycles. The highest BCUT2D eigenvalue weighted by molar-refractivity contribution is 5.30. The number of hydrogen-bond donors (Lipinski definition) is 1. The average molecular weight is 259 g/mol. The smallest absolute Gasteiger partial charge is 0.314 e. The lowest BCUT2D eigenvalue weighted by Crippen LogP contribution is -2.35. The number of hydrogen-bond acceptors (Lipinski definition) is 1. The summed E-state index contributed by atoms with van der Waals surface area (Å²) >= 11 is 0. The van der Waals surface area contributed by atoms with Gasteiger partial charge in [0, 0.05) is 6.04 Å². The molecule has 0 fully saturated rings. The van der Waals surface area contributed by atoms with Crippen molar-refractivity contribution >= 4 is 0 Å². The number of benzene rings is 1. The van der Waals surface area contributed by atoms with Crippen LogP contribution in [-0.2, 0) is 6.42 Å². The van der Waals surface area contributed by atoms with E-state index in [0.29, 0.717) is 13.0 Å². The zero-order valence-electron chi connectivity index (χ0n) is 11.1. The zero-order valence-corrected chi connectivity index (χ0v) is 11.1. The summed E-state index contributed by atoms with van der Waals surface area (Å²) in [7, 11) is 0. The van der Waals surface area contributed by atoms with Crippen LogP contribution in [0.15, 0.2) is 18.2 Å². The van der Waals surface area contributed by atoms with Crippen LogP contribution in [0.3, 0.4) is 0 Å². The first-order chi connectivity index (χ1) is 8.31. The molecule has 1 aromatic carbocycles. The van der Waals surface area contributed by atoms with Crippen LogP contribution in [0.5, 0.6) is 0 Å². The van der Waals surface area contributed by atoms with E-state index in [1.807, 2.05) is 39.0 Å². The topological polar surface area (TPSA) is 12.0 Å². The average Bonchev–Trinajstić information content (AvgIpc) is 2.21. The Kier molecular flexibility index (Phi) is 5.20. The fraction of sp³-hybridized carbons (Fsp3) is 0.571. The molecule has 0 saturated carbocycles. The van der Waals surface area contributed by atoms with Gasteiger partial charge in [-0.25, -0.2) is 0 Å². The van der Waals surface area contributed by atoms with Gasteiger partial charge >= 0.3 is 6.18 Å². The molecule has 0 aliphatic heterocycles. The van der Waals surface area contributed by atoms with Crippen molar-refractivity contribution < 1.29 is 13.2 Å². The molecule has 102 valence electrons. The highest BCUT2D eigenvalue weighted by atomic mass is 19.4. The van der Waals surface area contributed by atoms with E-state index in [4.69, 9.17) is 0 Å². The van der Waals surface area contributed by atoms with Crippen LogP contribution in [0.25, 0.3) is 0 Å². The summed E-state index contributed by atoms with van der Waals surface area (Å²) in [5.74, 6) is 0. The number of nitrogens with one attached hydrogen (secondary N) is 1. The molecule has 0 aliphatic carbocycles. The molecular formula is C14H20F3N. The Morgan fingerprint density at radius 3 is 2.33 bits per heavy atom. The van der Waals surface area contributed by atoms with Crippen molar-refractivity contribution in [3.05, 3.63) is 34.9 Å². The van der Waals surface area contributed by atoms with Crippen LogP contribution < -0.4 is 5.32 Å². The summed E-state index contributed by atoms with van der Waals surface area (Å²) in [6.45, 7) is 6.34. The first kappa shape index (κ1) is 15.0. The lowest BCUT2D eigenvalue weighted by atomic mass is 9.99. The van der Waals surface area contributed by atoms with Crippen LogP contribution >= 0.6 is 0 Å². The van der Waals surface area contributed by atoms with Crippen LogP contribution in [0, 0.1) is 13.8 Å². The van der Waals surface area contributed by atoms with Gasteiger partial charge < -0.3 is 5.32 Å². The molecule has 0 spiro atoms. The Bertz CT molecular complexity index is 385. The van der Waals surface area contributed by atoms with Gasteiger partial charge in [-0.05, 0) is 43.5 Å². The summed E-state index contributed by atoms with van der Waals surface area (Å²) in [4.78, 5) is 0. The first-order valence-electron chi connectivity index (χ1n) is 6.18. The van der Waals surface area contributed by atoms with Crippen molar-refractivity contribution in [2.45, 2.75) is 45.8 Å². The zero-order chi connectivity index (χ0) is 13.8. The summed E-state index contributed by atoms with van der Waals surface area (Å²) in [6, 6.07) is 5.29. The third-order valence-corrected chi connectivity index (χ3v) is 3.02. The highest BCUT2D eigenvalue weighted by Gasteiger charge is 2.31. The van der Waals surface area contributed by atoms with Gasteiger partial charge in [0.1, 0.15) is 0 Å². The fourth-order valence-corrected chi connectivity index (χ4v) is 2.00. The van der Waals surface area contributed by atoms with Crippen molar-refractivity contribution in [3.8, 4) is 0 Å². The molecule has 4 heteroatoms. The minimum absolute atomic E-state index is 0.411. The first-order valence-corrected chi connectivity index (χ1v) is 6.18. The van der Waals surface area contributed by atoms with Crippen molar-refractivity contribution in [3.63, 3.8) is 0 Å². The number of aryl methyl sites for hydroxylation is 2. The summed E-state index contributed by atoms with van der Waals surface area (Å²) in [6.07, 6.45) is -4.49. The molecule has 0 amide bonds. The molecule has 1 aromatic rings. The molecular weight excluding hydrogens is 239 g/mol. The maximum atomic E-state index is 12.4. The van der Waals surface area contributed by atoms with Gasteiger partial charge in [-0.2, -0.15) is 13.2 Å². The van der Waals surface area contributed by atoms with Gasteiger partial charge in [-0.1, -0.05) is 25.1 Å². The van der Waals surface area contributed by atoms with E-state index >= 15 is 0 Å². The predicted octanol–water partition coefficient (Wildman–Crippen LogP) is 3.78. The molecule has 1 nitrogen and oxygen atoms in total. The van der Waals surface area contributed by atoms with E-state index in [1.54, 1.807) is 0 Å². The Balaban J connectivity index is 2.73. The fourth-order valence-electron chi connectivity index (χ4n) is 2.00. The third kappa shape index (κ3) is 5.08. The van der Waals surface area contributed by atoms with Crippen LogP contribution in [0.4, 0.5) is 13.2 Å². The molecule has 18 heavy (non-hydrogen) atoms. The van der Waals surface area contributed by atoms with Gasteiger partial charge in [0.15, 0.2) is 0 Å². The van der Waals surface area contributed by atoms with Crippen LogP contribution in [-0.4, -0.2) is 18.8 Å². The number of alkyl halides is 3. The number of rotatable bonds is 5. The van der Waals surface area contributed by atoms with Gasteiger partial charge in [-0.15, -0.1) is 0 Å². The summed E-state index contributed by atoms with van der Waals surface area (Å²) < 4.78 is 37.3. The lowest BCUT2D eigenvalue weighted by Gasteiger charge is -2.20. The quantitative estimate of drug-likeness (QED) is 0.848. The van der Waals surface area contributed by atoms with Crippen molar-refractivity contribution in [2.75, 3.05) is 6.54 Å². The van der Waals surface area contributed by atoms with E-state index in [2.05, 4.69) is 5.32 Å². The second-order valence-corrected chi connectivity index (χ2v) is 4.70. The maximum Gasteiger partial charge on any atom is 0.390 e. The standard InChI is InChI=1S/C14H20F3N/c1-4-18-13(9-14(15,16)17)8-12-6-5-10(2)11(3)7-12/h5-7,13,18H,4,8-9H2,1-3H3. The van der Waals surface area contributed by atoms with Crippen LogP contribution in [0.1, 0.15) is 30.0 Å². The lowest BCUT2D eigenvalue weighted by molar-refractivity contribution is -0.139. The monoisotopic (exact) mass is 259 g/mol. The second-order valence-electron chi connectivity index (χ2n) is 4.70. The molecule has 0 bridgehead atoms. The summed E-state index contributed by atoms with van der Waals surface area (Å²) in [5.41, 5.74) is 3.23. The Hall–Kier alpha value is -1.03. The molecule has 1 rings (SSSR count). The van der Waals surface area contributed by atoms with E-state index in [-0.39, 0.29) is 0 Å². The molecule has 1 N–H and O–H groups in total. The molecule has 0 saturated heterocycles. The SMILES string of the molecule is CCNC(Cc1ccc(C)c(C)c1)CC(F)(F)F. The third-order valence-electron chi connectivity index (χ3n) is 3.02. The van der Waals surface area contributed by atoms with Gasteiger partial charge in [0.05, 0.1) is 6.42 Å². The van der Waals surface area contributed by atoms with Gasteiger partial charge in [0.25, 0.3) is 0 Å². The maximum absolute atomic E-state index is 12.4. The van der Waals surface area contributed by atoms with Crippen LogP contribution in [0.2, 0.25) is 0 Å². The molecule has 0 radical (unpaired) electrons. The molecule has 0 aliphatic rings. The van der Waals surface area contributed by atoms with Crippen molar-refractivity contribution in [2.24, 2.45) is 0 Å². The minimum atomic E-state index is -4.12. The summed E-state index contributed by atoms with van der Waals surface area (Å²) in [5, 5.41) is 2.90. The van der Waals surface area contributed by atoms with Crippen molar-refractivity contribution in [1.82, 2.24) is 5.32 Å². The minimum Gasteiger partial charge on any atom is -0.314 e. The van der Waals surface area contributed by atoms with Gasteiger partial charge in [-0.3, -0.25) is 0 Å². The molecule has 1 atom stereocenters.